The summed E-state index contributed by atoms with van der Waals surface area (Å²) in [5.41, 5.74) is 1.22. The number of amides is 1. The SMILES string of the molecule is CC(C(=O)Nc1ccc(Cl)cc1C(=O)c1ccccc1)n1cc(Cl)cn1. The van der Waals surface area contributed by atoms with E-state index < -0.39 is 6.04 Å². The first-order chi connectivity index (χ1) is 12.5. The van der Waals surface area contributed by atoms with Gasteiger partial charge in [0.15, 0.2) is 5.78 Å². The zero-order valence-corrected chi connectivity index (χ0v) is 15.3. The molecule has 1 amide bonds. The molecular weight excluding hydrogens is 373 g/mol. The number of ketones is 1. The van der Waals surface area contributed by atoms with E-state index in [9.17, 15) is 9.59 Å². The fraction of sp³-hybridized carbons (Fsp3) is 0.105. The summed E-state index contributed by atoms with van der Waals surface area (Å²) in [4.78, 5) is 25.4. The van der Waals surface area contributed by atoms with Crippen LogP contribution >= 0.6 is 23.2 Å². The Morgan fingerprint density at radius 3 is 2.46 bits per heavy atom. The molecular formula is C19H15Cl2N3O2. The number of benzene rings is 2. The first-order valence-corrected chi connectivity index (χ1v) is 8.61. The maximum atomic E-state index is 12.8. The number of aromatic nitrogens is 2. The molecule has 1 aromatic heterocycles. The fourth-order valence-corrected chi connectivity index (χ4v) is 2.76. The Kier molecular flexibility index (Phi) is 5.40. The van der Waals surface area contributed by atoms with Crippen molar-refractivity contribution in [2.45, 2.75) is 13.0 Å². The average Bonchev–Trinajstić information content (AvgIpc) is 3.09. The number of hydrogen-bond acceptors (Lipinski definition) is 3. The smallest absolute Gasteiger partial charge is 0.248 e. The van der Waals surface area contributed by atoms with Gasteiger partial charge in [-0.15, -0.1) is 0 Å². The van der Waals surface area contributed by atoms with Crippen molar-refractivity contribution >= 4 is 40.6 Å². The van der Waals surface area contributed by atoms with Crippen molar-refractivity contribution in [1.82, 2.24) is 9.78 Å². The molecule has 0 bridgehead atoms. The third kappa shape index (κ3) is 3.95. The fourth-order valence-electron chi connectivity index (χ4n) is 2.44. The van der Waals surface area contributed by atoms with E-state index in [0.29, 0.717) is 26.9 Å². The van der Waals surface area contributed by atoms with Crippen LogP contribution in [0.2, 0.25) is 10.0 Å². The van der Waals surface area contributed by atoms with Crippen LogP contribution in [0, 0.1) is 0 Å². The minimum absolute atomic E-state index is 0.224. The van der Waals surface area contributed by atoms with Gasteiger partial charge in [-0.2, -0.15) is 5.10 Å². The first-order valence-electron chi connectivity index (χ1n) is 7.85. The Labute approximate surface area is 160 Å². The number of carbonyl (C=O) groups is 2. The first kappa shape index (κ1) is 18.2. The lowest BCUT2D eigenvalue weighted by molar-refractivity contribution is -0.119. The van der Waals surface area contributed by atoms with Crippen molar-refractivity contribution in [2.24, 2.45) is 0 Å². The van der Waals surface area contributed by atoms with Crippen molar-refractivity contribution in [3.05, 3.63) is 82.1 Å². The van der Waals surface area contributed by atoms with E-state index in [-0.39, 0.29) is 11.7 Å². The quantitative estimate of drug-likeness (QED) is 0.649. The number of nitrogens with zero attached hydrogens (tertiary/aromatic N) is 2. The molecule has 2 aromatic carbocycles. The highest BCUT2D eigenvalue weighted by Gasteiger charge is 2.20. The minimum atomic E-state index is -0.599. The van der Waals surface area contributed by atoms with Gasteiger partial charge in [-0.25, -0.2) is 0 Å². The molecule has 0 saturated heterocycles. The van der Waals surface area contributed by atoms with E-state index >= 15 is 0 Å². The molecule has 0 aliphatic carbocycles. The molecule has 3 rings (SSSR count). The molecule has 3 aromatic rings. The van der Waals surface area contributed by atoms with Crippen LogP contribution in [-0.2, 0) is 4.79 Å². The van der Waals surface area contributed by atoms with Crippen molar-refractivity contribution in [3.8, 4) is 0 Å². The zero-order chi connectivity index (χ0) is 18.7. The number of halogens is 2. The molecule has 1 unspecified atom stereocenters. The molecule has 1 N–H and O–H groups in total. The van der Waals surface area contributed by atoms with Crippen LogP contribution in [0.3, 0.4) is 0 Å². The predicted octanol–water partition coefficient (Wildman–Crippen LogP) is 4.62. The largest absolute Gasteiger partial charge is 0.324 e. The minimum Gasteiger partial charge on any atom is -0.324 e. The maximum Gasteiger partial charge on any atom is 0.248 e. The lowest BCUT2D eigenvalue weighted by atomic mass is 10.0. The third-order valence-corrected chi connectivity index (χ3v) is 4.30. The molecule has 26 heavy (non-hydrogen) atoms. The summed E-state index contributed by atoms with van der Waals surface area (Å²) in [5, 5.41) is 7.66. The summed E-state index contributed by atoms with van der Waals surface area (Å²) < 4.78 is 1.45. The molecule has 0 aliphatic rings. The highest BCUT2D eigenvalue weighted by molar-refractivity contribution is 6.31. The molecule has 1 heterocycles. The number of nitrogens with one attached hydrogen (secondary N) is 1. The van der Waals surface area contributed by atoms with E-state index in [0.717, 1.165) is 0 Å². The summed E-state index contributed by atoms with van der Waals surface area (Å²) >= 11 is 11.9. The molecule has 7 heteroatoms. The number of anilines is 1. The molecule has 0 fully saturated rings. The molecule has 0 radical (unpaired) electrons. The van der Waals surface area contributed by atoms with Crippen LogP contribution < -0.4 is 5.32 Å². The number of carbonyl (C=O) groups excluding carboxylic acids is 2. The Hall–Kier alpha value is -2.63. The average molecular weight is 388 g/mol. The standard InChI is InChI=1S/C19H15Cl2N3O2/c1-12(24-11-15(21)10-22-24)19(26)23-17-8-7-14(20)9-16(17)18(25)13-5-3-2-4-6-13/h2-12H,1H3,(H,23,26). The van der Waals surface area contributed by atoms with Crippen molar-refractivity contribution < 1.29 is 9.59 Å². The summed E-state index contributed by atoms with van der Waals surface area (Å²) in [6.07, 6.45) is 3.02. The topological polar surface area (TPSA) is 64.0 Å². The van der Waals surface area contributed by atoms with Gasteiger partial charge in [0.1, 0.15) is 6.04 Å². The summed E-state index contributed by atoms with van der Waals surface area (Å²) in [5.74, 6) is -0.549. The Morgan fingerprint density at radius 2 is 1.81 bits per heavy atom. The van der Waals surface area contributed by atoms with Gasteiger partial charge in [0.05, 0.1) is 16.9 Å². The zero-order valence-electron chi connectivity index (χ0n) is 13.8. The Bertz CT molecular complexity index is 954. The normalized spacial score (nSPS) is 11.8. The van der Waals surface area contributed by atoms with Crippen molar-refractivity contribution in [1.29, 1.82) is 0 Å². The Morgan fingerprint density at radius 1 is 1.08 bits per heavy atom. The molecule has 5 nitrogen and oxygen atoms in total. The molecule has 0 aliphatic heterocycles. The van der Waals surface area contributed by atoms with E-state index in [2.05, 4.69) is 10.4 Å². The van der Waals surface area contributed by atoms with Gasteiger partial charge in [0.25, 0.3) is 0 Å². The maximum absolute atomic E-state index is 12.8. The second-order valence-electron chi connectivity index (χ2n) is 5.69. The van der Waals surface area contributed by atoms with E-state index in [1.807, 2.05) is 6.07 Å². The number of rotatable bonds is 5. The number of hydrogen-bond donors (Lipinski definition) is 1. The highest BCUT2D eigenvalue weighted by atomic mass is 35.5. The van der Waals surface area contributed by atoms with Gasteiger partial charge < -0.3 is 5.32 Å². The van der Waals surface area contributed by atoms with Crippen molar-refractivity contribution in [3.63, 3.8) is 0 Å². The summed E-state index contributed by atoms with van der Waals surface area (Å²) in [7, 11) is 0. The van der Waals surface area contributed by atoms with Gasteiger partial charge >= 0.3 is 0 Å². The molecule has 132 valence electrons. The van der Waals surface area contributed by atoms with Gasteiger partial charge in [-0.05, 0) is 25.1 Å². The van der Waals surface area contributed by atoms with Gasteiger partial charge in [0, 0.05) is 22.3 Å². The van der Waals surface area contributed by atoms with Gasteiger partial charge in [-0.1, -0.05) is 53.5 Å². The molecule has 0 saturated carbocycles. The van der Waals surface area contributed by atoms with E-state index in [4.69, 9.17) is 23.2 Å². The van der Waals surface area contributed by atoms with Crippen LogP contribution in [0.4, 0.5) is 5.69 Å². The molecule has 1 atom stereocenters. The summed E-state index contributed by atoms with van der Waals surface area (Å²) in [6.45, 7) is 1.69. The lowest BCUT2D eigenvalue weighted by Gasteiger charge is -2.15. The second-order valence-corrected chi connectivity index (χ2v) is 6.56. The predicted molar refractivity (Wildman–Crippen MR) is 102 cm³/mol. The third-order valence-electron chi connectivity index (χ3n) is 3.87. The van der Waals surface area contributed by atoms with Gasteiger partial charge in [-0.3, -0.25) is 14.3 Å². The lowest BCUT2D eigenvalue weighted by Crippen LogP contribution is -2.25. The van der Waals surface area contributed by atoms with E-state index in [1.165, 1.54) is 10.9 Å². The van der Waals surface area contributed by atoms with Crippen LogP contribution in [-0.4, -0.2) is 21.5 Å². The van der Waals surface area contributed by atoms with Crippen molar-refractivity contribution in [2.75, 3.05) is 5.32 Å². The second kappa shape index (κ2) is 7.72. The van der Waals surface area contributed by atoms with Crippen LogP contribution in [0.1, 0.15) is 28.9 Å². The van der Waals surface area contributed by atoms with Crippen LogP contribution in [0.25, 0.3) is 0 Å². The van der Waals surface area contributed by atoms with Crippen LogP contribution in [0.5, 0.6) is 0 Å². The van der Waals surface area contributed by atoms with E-state index in [1.54, 1.807) is 55.6 Å². The molecule has 0 spiro atoms. The Balaban J connectivity index is 1.88. The highest BCUT2D eigenvalue weighted by Crippen LogP contribution is 2.25. The van der Waals surface area contributed by atoms with Gasteiger partial charge in [0.2, 0.25) is 5.91 Å². The monoisotopic (exact) mass is 387 g/mol. The summed E-state index contributed by atoms with van der Waals surface area (Å²) in [6, 6.07) is 13.0. The van der Waals surface area contributed by atoms with Crippen LogP contribution in [0.15, 0.2) is 60.9 Å².